The summed E-state index contributed by atoms with van der Waals surface area (Å²) in [6.07, 6.45) is 4.43. The average Bonchev–Trinajstić information content (AvgIpc) is 3.34. The smallest absolute Gasteiger partial charge is 0.496 e. The maximum absolute atomic E-state index is 15.0. The van der Waals surface area contributed by atoms with Gasteiger partial charge in [0.05, 0.1) is 42.3 Å². The lowest BCUT2D eigenvalue weighted by molar-refractivity contribution is 0.144. The molecule has 0 spiro atoms. The quantitative estimate of drug-likeness (QED) is 0.403. The zero-order valence-electron chi connectivity index (χ0n) is 18.2. The number of halogens is 1. The second kappa shape index (κ2) is 7.69. The highest BCUT2D eigenvalue weighted by Crippen LogP contribution is 2.36. The summed E-state index contributed by atoms with van der Waals surface area (Å²) in [5.74, 6) is -0.993. The summed E-state index contributed by atoms with van der Waals surface area (Å²) in [5.41, 5.74) is 2.28. The minimum absolute atomic E-state index is 0.306. The highest BCUT2D eigenvalue weighted by Gasteiger charge is 2.22. The van der Waals surface area contributed by atoms with Crippen LogP contribution in [0.1, 0.15) is 0 Å². The van der Waals surface area contributed by atoms with Crippen molar-refractivity contribution in [1.82, 2.24) is 28.9 Å². The molecular formula is C22H17FN6O5. The van der Waals surface area contributed by atoms with E-state index in [1.807, 2.05) is 6.20 Å². The normalized spacial score (nSPS) is 11.3. The Hall–Kier alpha value is -4.74. The third-order valence-electron chi connectivity index (χ3n) is 5.43. The largest absolute Gasteiger partial charge is 0.511 e. The minimum Gasteiger partial charge on any atom is -0.496 e. The summed E-state index contributed by atoms with van der Waals surface area (Å²) >= 11 is 0. The van der Waals surface area contributed by atoms with Gasteiger partial charge in [0.2, 0.25) is 0 Å². The molecule has 0 saturated heterocycles. The molecule has 0 bridgehead atoms. The highest BCUT2D eigenvalue weighted by molar-refractivity contribution is 6.05. The fourth-order valence-corrected chi connectivity index (χ4v) is 3.91. The second-order valence-corrected chi connectivity index (χ2v) is 7.49. The van der Waals surface area contributed by atoms with Gasteiger partial charge < -0.3 is 14.6 Å². The number of hydrogen-bond acceptors (Lipinski definition) is 7. The zero-order chi connectivity index (χ0) is 24.1. The molecule has 0 amide bonds. The number of nitrogens with zero attached hydrogens (tertiary/aromatic N) is 6. The average molecular weight is 464 g/mol. The summed E-state index contributed by atoms with van der Waals surface area (Å²) < 4.78 is 29.1. The van der Waals surface area contributed by atoms with Gasteiger partial charge in [0, 0.05) is 48.9 Å². The Morgan fingerprint density at radius 2 is 1.91 bits per heavy atom. The third-order valence-corrected chi connectivity index (χ3v) is 5.43. The number of rotatable bonds is 4. The van der Waals surface area contributed by atoms with Crippen LogP contribution in [0.3, 0.4) is 0 Å². The SMILES string of the molecule is COc1cc2ncc3c(c2cc1-c1cnn(C)c1)n(-c1ncc(OC(=O)O)cc1F)c(=O)n3C. The summed E-state index contributed by atoms with van der Waals surface area (Å²) in [6, 6.07) is 4.39. The first-order valence-corrected chi connectivity index (χ1v) is 9.92. The van der Waals surface area contributed by atoms with E-state index in [4.69, 9.17) is 9.84 Å². The van der Waals surface area contributed by atoms with Crippen LogP contribution in [0.15, 0.2) is 47.8 Å². The molecule has 34 heavy (non-hydrogen) atoms. The third kappa shape index (κ3) is 3.23. The number of fused-ring (bicyclic) bond motifs is 3. The van der Waals surface area contributed by atoms with Gasteiger partial charge in [-0.1, -0.05) is 0 Å². The summed E-state index contributed by atoms with van der Waals surface area (Å²) in [7, 11) is 4.87. The molecule has 11 nitrogen and oxygen atoms in total. The molecule has 0 aliphatic heterocycles. The van der Waals surface area contributed by atoms with Crippen LogP contribution in [0.5, 0.6) is 11.5 Å². The van der Waals surface area contributed by atoms with Crippen molar-refractivity contribution in [3.05, 3.63) is 59.3 Å². The van der Waals surface area contributed by atoms with Gasteiger partial charge >= 0.3 is 11.8 Å². The molecule has 0 unspecified atom stereocenters. The number of ether oxygens (including phenoxy) is 2. The Morgan fingerprint density at radius 3 is 2.56 bits per heavy atom. The van der Waals surface area contributed by atoms with Crippen LogP contribution in [0.4, 0.5) is 9.18 Å². The predicted molar refractivity (Wildman–Crippen MR) is 119 cm³/mol. The molecule has 4 heterocycles. The van der Waals surface area contributed by atoms with E-state index in [9.17, 15) is 9.59 Å². The van der Waals surface area contributed by atoms with E-state index in [0.29, 0.717) is 33.2 Å². The van der Waals surface area contributed by atoms with Crippen LogP contribution in [-0.4, -0.2) is 47.3 Å². The molecule has 0 atom stereocenters. The molecule has 1 N–H and O–H groups in total. The van der Waals surface area contributed by atoms with Crippen molar-refractivity contribution in [2.75, 3.05) is 7.11 Å². The van der Waals surface area contributed by atoms with Crippen molar-refractivity contribution < 1.29 is 23.8 Å². The van der Waals surface area contributed by atoms with Crippen LogP contribution >= 0.6 is 0 Å². The summed E-state index contributed by atoms with van der Waals surface area (Å²) in [4.78, 5) is 32.4. The van der Waals surface area contributed by atoms with E-state index in [-0.39, 0.29) is 11.6 Å². The van der Waals surface area contributed by atoms with E-state index in [2.05, 4.69) is 19.8 Å². The highest BCUT2D eigenvalue weighted by atomic mass is 19.1. The van der Waals surface area contributed by atoms with Crippen LogP contribution in [-0.2, 0) is 14.1 Å². The van der Waals surface area contributed by atoms with Gasteiger partial charge in [-0.3, -0.25) is 14.2 Å². The molecule has 0 fully saturated rings. The van der Waals surface area contributed by atoms with Gasteiger partial charge in [-0.05, 0) is 6.07 Å². The fraction of sp³-hybridized carbons (Fsp3) is 0.136. The maximum Gasteiger partial charge on any atom is 0.511 e. The second-order valence-electron chi connectivity index (χ2n) is 7.49. The molecule has 1 aromatic carbocycles. The first-order valence-electron chi connectivity index (χ1n) is 9.92. The Balaban J connectivity index is 1.84. The number of hydrogen-bond donors (Lipinski definition) is 1. The van der Waals surface area contributed by atoms with E-state index in [0.717, 1.165) is 22.4 Å². The van der Waals surface area contributed by atoms with Crippen LogP contribution in [0.2, 0.25) is 0 Å². The molecule has 0 aliphatic carbocycles. The molecule has 0 saturated carbocycles. The summed E-state index contributed by atoms with van der Waals surface area (Å²) in [5, 5.41) is 13.5. The van der Waals surface area contributed by atoms with E-state index >= 15 is 4.39 Å². The predicted octanol–water partition coefficient (Wildman–Crippen LogP) is 2.88. The number of carbonyl (C=O) groups is 1. The lowest BCUT2D eigenvalue weighted by Gasteiger charge is -2.11. The van der Waals surface area contributed by atoms with Crippen LogP contribution in [0.25, 0.3) is 38.9 Å². The monoisotopic (exact) mass is 464 g/mol. The van der Waals surface area contributed by atoms with Gasteiger partial charge in [-0.25, -0.2) is 23.5 Å². The molecule has 4 aromatic heterocycles. The summed E-state index contributed by atoms with van der Waals surface area (Å²) in [6.45, 7) is 0. The number of aromatic nitrogens is 6. The maximum atomic E-state index is 15.0. The fourth-order valence-electron chi connectivity index (χ4n) is 3.91. The van der Waals surface area contributed by atoms with Crippen molar-refractivity contribution in [2.45, 2.75) is 0 Å². The first-order chi connectivity index (χ1) is 16.3. The number of benzene rings is 1. The topological polar surface area (TPSA) is 126 Å². The van der Waals surface area contributed by atoms with E-state index in [1.54, 1.807) is 37.1 Å². The molecular weight excluding hydrogens is 447 g/mol. The van der Waals surface area contributed by atoms with E-state index < -0.39 is 17.7 Å². The number of pyridine rings is 2. The molecule has 5 aromatic rings. The number of carboxylic acid groups (broad SMARTS) is 1. The number of aryl methyl sites for hydroxylation is 2. The van der Waals surface area contributed by atoms with Crippen LogP contribution < -0.4 is 15.2 Å². The van der Waals surface area contributed by atoms with Gasteiger partial charge in [0.15, 0.2) is 17.4 Å². The Morgan fingerprint density at radius 1 is 1.12 bits per heavy atom. The number of imidazole rings is 1. The number of methoxy groups -OCH3 is 1. The molecule has 0 aliphatic rings. The Bertz CT molecular complexity index is 1670. The molecule has 5 rings (SSSR count). The van der Waals surface area contributed by atoms with Crippen LogP contribution in [0, 0.1) is 5.82 Å². The van der Waals surface area contributed by atoms with Gasteiger partial charge in [-0.15, -0.1) is 0 Å². The van der Waals surface area contributed by atoms with Crippen molar-refractivity contribution in [3.8, 4) is 28.4 Å². The Kier molecular flexibility index (Phi) is 4.78. The van der Waals surface area contributed by atoms with Gasteiger partial charge in [-0.2, -0.15) is 5.10 Å². The molecule has 12 heteroatoms. The molecule has 0 radical (unpaired) electrons. The van der Waals surface area contributed by atoms with Crippen molar-refractivity contribution in [3.63, 3.8) is 0 Å². The van der Waals surface area contributed by atoms with Crippen molar-refractivity contribution in [1.29, 1.82) is 0 Å². The Labute approximate surface area is 190 Å². The lowest BCUT2D eigenvalue weighted by Crippen LogP contribution is -2.22. The lowest BCUT2D eigenvalue weighted by atomic mass is 10.0. The molecule has 172 valence electrons. The van der Waals surface area contributed by atoms with Gasteiger partial charge in [0.1, 0.15) is 5.75 Å². The zero-order valence-corrected chi connectivity index (χ0v) is 18.2. The van der Waals surface area contributed by atoms with Gasteiger partial charge in [0.25, 0.3) is 0 Å². The first kappa shape index (κ1) is 21.1. The van der Waals surface area contributed by atoms with Crippen molar-refractivity contribution in [2.24, 2.45) is 14.1 Å². The van der Waals surface area contributed by atoms with E-state index in [1.165, 1.54) is 17.9 Å². The standard InChI is InChI=1S/C22H17FN6O5/c1-27-10-11(7-26-27)13-5-14-16(6-18(13)33-3)24-9-17-19(14)29(21(30)28(17)2)20-15(23)4-12(8-25-20)34-22(31)32/h4-10H,1-3H3,(H,31,32). The minimum atomic E-state index is -1.61. The van der Waals surface area contributed by atoms with Crippen molar-refractivity contribution >= 4 is 28.1 Å².